The van der Waals surface area contributed by atoms with Crippen LogP contribution >= 0.6 is 11.8 Å². The highest BCUT2D eigenvalue weighted by molar-refractivity contribution is 7.99. The summed E-state index contributed by atoms with van der Waals surface area (Å²) in [5.74, 6) is 2.56. The van der Waals surface area contributed by atoms with E-state index in [2.05, 4.69) is 10.6 Å². The van der Waals surface area contributed by atoms with Crippen LogP contribution in [0.5, 0.6) is 0 Å². The number of carbonyl (C=O) groups is 1. The van der Waals surface area contributed by atoms with Crippen molar-refractivity contribution >= 4 is 17.7 Å². The predicted octanol–water partition coefficient (Wildman–Crippen LogP) is 0.536. The smallest absolute Gasteiger partial charge is 0.305 e. The van der Waals surface area contributed by atoms with Gasteiger partial charge >= 0.3 is 5.97 Å². The van der Waals surface area contributed by atoms with E-state index in [4.69, 9.17) is 5.11 Å². The van der Waals surface area contributed by atoms with Crippen LogP contribution in [0.1, 0.15) is 19.3 Å². The zero-order valence-electron chi connectivity index (χ0n) is 9.50. The second-order valence-corrected chi connectivity index (χ2v) is 6.12. The third kappa shape index (κ3) is 3.12. The molecule has 2 aliphatic heterocycles. The maximum Gasteiger partial charge on any atom is 0.305 e. The highest BCUT2D eigenvalue weighted by atomic mass is 32.2. The Morgan fingerprint density at radius 2 is 2.12 bits per heavy atom. The minimum absolute atomic E-state index is 0.170. The van der Waals surface area contributed by atoms with Crippen LogP contribution in [0, 0.1) is 5.92 Å². The fraction of sp³-hybridized carbons (Fsp3) is 0.909. The molecule has 0 aromatic heterocycles. The molecule has 0 radical (unpaired) electrons. The van der Waals surface area contributed by atoms with Crippen molar-refractivity contribution in [3.8, 4) is 0 Å². The summed E-state index contributed by atoms with van der Waals surface area (Å²) < 4.78 is 0. The van der Waals surface area contributed by atoms with Crippen molar-refractivity contribution in [3.63, 3.8) is 0 Å². The van der Waals surface area contributed by atoms with Gasteiger partial charge in [0.15, 0.2) is 0 Å². The van der Waals surface area contributed by atoms with Crippen molar-refractivity contribution in [1.82, 2.24) is 10.6 Å². The Morgan fingerprint density at radius 1 is 1.44 bits per heavy atom. The van der Waals surface area contributed by atoms with Gasteiger partial charge in [0, 0.05) is 13.1 Å². The summed E-state index contributed by atoms with van der Waals surface area (Å²) in [6, 6.07) is 0. The number of rotatable bonds is 5. The number of hydrogen-bond donors (Lipinski definition) is 3. The largest absolute Gasteiger partial charge is 0.481 e. The van der Waals surface area contributed by atoms with E-state index < -0.39 is 5.97 Å². The Bertz CT molecular complexity index is 250. The first kappa shape index (κ1) is 12.2. The van der Waals surface area contributed by atoms with E-state index in [0.717, 1.165) is 25.6 Å². The zero-order valence-corrected chi connectivity index (χ0v) is 10.3. The molecule has 2 aliphatic rings. The summed E-state index contributed by atoms with van der Waals surface area (Å²) in [5.41, 5.74) is -0.170. The first-order chi connectivity index (χ1) is 7.70. The third-order valence-corrected chi connectivity index (χ3v) is 4.57. The number of aliphatic carboxylic acids is 1. The van der Waals surface area contributed by atoms with Crippen molar-refractivity contribution in [2.75, 3.05) is 31.1 Å². The van der Waals surface area contributed by atoms with Gasteiger partial charge in [-0.1, -0.05) is 0 Å². The van der Waals surface area contributed by atoms with Gasteiger partial charge in [-0.05, 0) is 36.8 Å². The maximum absolute atomic E-state index is 10.8. The van der Waals surface area contributed by atoms with E-state index in [1.54, 1.807) is 0 Å². The third-order valence-electron chi connectivity index (χ3n) is 3.52. The van der Waals surface area contributed by atoms with Gasteiger partial charge in [-0.25, -0.2) is 0 Å². The van der Waals surface area contributed by atoms with Crippen molar-refractivity contribution in [1.29, 1.82) is 0 Å². The summed E-state index contributed by atoms with van der Waals surface area (Å²) >= 11 is 2.03. The Hall–Kier alpha value is -0.260. The average molecular weight is 244 g/mol. The number of carboxylic acids is 1. The lowest BCUT2D eigenvalue weighted by molar-refractivity contribution is -0.139. The zero-order chi connectivity index (χ0) is 11.4. The molecule has 2 rings (SSSR count). The Labute approximate surface area is 101 Å². The molecule has 0 unspecified atom stereocenters. The molecule has 0 amide bonds. The first-order valence-electron chi connectivity index (χ1n) is 5.95. The second-order valence-electron chi connectivity index (χ2n) is 4.89. The van der Waals surface area contributed by atoms with E-state index in [-0.39, 0.29) is 12.0 Å². The molecule has 2 fully saturated rings. The normalized spacial score (nSPS) is 25.0. The maximum atomic E-state index is 10.8. The fourth-order valence-corrected chi connectivity index (χ4v) is 3.54. The Kier molecular flexibility index (Phi) is 4.10. The van der Waals surface area contributed by atoms with Gasteiger partial charge in [-0.15, -0.1) is 0 Å². The minimum Gasteiger partial charge on any atom is -0.481 e. The average Bonchev–Trinajstić information content (AvgIpc) is 2.23. The van der Waals surface area contributed by atoms with E-state index in [1.807, 2.05) is 11.8 Å². The Morgan fingerprint density at radius 3 is 2.62 bits per heavy atom. The molecule has 0 aliphatic carbocycles. The molecule has 16 heavy (non-hydrogen) atoms. The van der Waals surface area contributed by atoms with Crippen molar-refractivity contribution < 1.29 is 9.90 Å². The molecular weight excluding hydrogens is 224 g/mol. The van der Waals surface area contributed by atoms with E-state index in [1.165, 1.54) is 24.3 Å². The van der Waals surface area contributed by atoms with Gasteiger partial charge < -0.3 is 15.7 Å². The number of carboxylic acid groups (broad SMARTS) is 1. The summed E-state index contributed by atoms with van der Waals surface area (Å²) in [6.45, 7) is 2.57. The van der Waals surface area contributed by atoms with Crippen LogP contribution < -0.4 is 10.6 Å². The number of hydrogen-bond acceptors (Lipinski definition) is 4. The molecule has 5 heteroatoms. The molecule has 4 nitrogen and oxygen atoms in total. The molecular formula is C11H20N2O2S. The predicted molar refractivity (Wildman–Crippen MR) is 65.9 cm³/mol. The van der Waals surface area contributed by atoms with Gasteiger partial charge in [0.05, 0.1) is 12.0 Å². The van der Waals surface area contributed by atoms with Gasteiger partial charge in [0.25, 0.3) is 0 Å². The summed E-state index contributed by atoms with van der Waals surface area (Å²) in [6.07, 6.45) is 2.78. The minimum atomic E-state index is -0.701. The van der Waals surface area contributed by atoms with Gasteiger partial charge in [-0.2, -0.15) is 11.8 Å². The molecule has 0 saturated carbocycles. The summed E-state index contributed by atoms with van der Waals surface area (Å²) in [7, 11) is 0. The van der Waals surface area contributed by atoms with Crippen LogP contribution in [0.3, 0.4) is 0 Å². The quantitative estimate of drug-likeness (QED) is 0.659. The molecule has 0 aromatic carbocycles. The second kappa shape index (κ2) is 5.38. The molecule has 92 valence electrons. The molecule has 3 N–H and O–H groups in total. The van der Waals surface area contributed by atoms with Gasteiger partial charge in [0.2, 0.25) is 0 Å². The SMILES string of the molecule is O=C(O)CC1(NCC2CCSCC2)CNC1. The van der Waals surface area contributed by atoms with Crippen LogP contribution in [0.2, 0.25) is 0 Å². The van der Waals surface area contributed by atoms with E-state index in [0.29, 0.717) is 0 Å². The highest BCUT2D eigenvalue weighted by Gasteiger charge is 2.38. The molecule has 2 heterocycles. The standard InChI is InChI=1S/C11H20N2O2S/c14-10(15)5-11(7-12-8-11)13-6-9-1-3-16-4-2-9/h9,12-13H,1-8H2,(H,14,15). The lowest BCUT2D eigenvalue weighted by atomic mass is 9.87. The van der Waals surface area contributed by atoms with Crippen LogP contribution in [0.15, 0.2) is 0 Å². The molecule has 2 saturated heterocycles. The van der Waals surface area contributed by atoms with Gasteiger partial charge in [-0.3, -0.25) is 4.79 Å². The van der Waals surface area contributed by atoms with Crippen LogP contribution in [0.25, 0.3) is 0 Å². The molecule has 0 spiro atoms. The monoisotopic (exact) mass is 244 g/mol. The first-order valence-corrected chi connectivity index (χ1v) is 7.11. The van der Waals surface area contributed by atoms with Crippen LogP contribution in [0.4, 0.5) is 0 Å². The van der Waals surface area contributed by atoms with Crippen molar-refractivity contribution in [3.05, 3.63) is 0 Å². The highest BCUT2D eigenvalue weighted by Crippen LogP contribution is 2.24. The lowest BCUT2D eigenvalue weighted by Gasteiger charge is -2.43. The van der Waals surface area contributed by atoms with Crippen molar-refractivity contribution in [2.24, 2.45) is 5.92 Å². The van der Waals surface area contributed by atoms with E-state index >= 15 is 0 Å². The topological polar surface area (TPSA) is 61.4 Å². The van der Waals surface area contributed by atoms with Crippen LogP contribution in [-0.2, 0) is 4.79 Å². The fourth-order valence-electron chi connectivity index (χ4n) is 2.34. The van der Waals surface area contributed by atoms with Crippen molar-refractivity contribution in [2.45, 2.75) is 24.8 Å². The summed E-state index contributed by atoms with van der Waals surface area (Å²) in [4.78, 5) is 10.8. The van der Waals surface area contributed by atoms with E-state index in [9.17, 15) is 4.79 Å². The molecule has 0 bridgehead atoms. The van der Waals surface area contributed by atoms with Crippen LogP contribution in [-0.4, -0.2) is 47.8 Å². The Balaban J connectivity index is 1.75. The lowest BCUT2D eigenvalue weighted by Crippen LogP contribution is -2.69. The number of nitrogens with one attached hydrogen (secondary N) is 2. The number of thioether (sulfide) groups is 1. The summed E-state index contributed by atoms with van der Waals surface area (Å²) in [5, 5.41) is 15.5. The molecule has 0 atom stereocenters. The van der Waals surface area contributed by atoms with Gasteiger partial charge in [0.1, 0.15) is 0 Å². The molecule has 0 aromatic rings.